The van der Waals surface area contributed by atoms with Gasteiger partial charge in [-0.25, -0.2) is 4.98 Å². The van der Waals surface area contributed by atoms with Gasteiger partial charge in [0.25, 0.3) is 0 Å². The Labute approximate surface area is 150 Å². The third-order valence-corrected chi connectivity index (χ3v) is 5.01. The molecule has 0 aliphatic carbocycles. The van der Waals surface area contributed by atoms with Gasteiger partial charge in [-0.3, -0.25) is 14.5 Å². The van der Waals surface area contributed by atoms with Crippen molar-refractivity contribution in [2.45, 2.75) is 19.4 Å². The molecule has 3 rings (SSSR count). The maximum absolute atomic E-state index is 12.7. The minimum atomic E-state index is -0.358. The summed E-state index contributed by atoms with van der Waals surface area (Å²) in [5.74, 6) is -0.258. The molecule has 0 radical (unpaired) electrons. The van der Waals surface area contributed by atoms with Crippen LogP contribution in [0.3, 0.4) is 0 Å². The highest BCUT2D eigenvalue weighted by atomic mass is 32.1. The molecule has 128 valence electrons. The Kier molecular flexibility index (Phi) is 5.09. The maximum Gasteiger partial charge on any atom is 0.230 e. The maximum atomic E-state index is 12.7. The lowest BCUT2D eigenvalue weighted by Crippen LogP contribution is -2.33. The van der Waals surface area contributed by atoms with Crippen LogP contribution in [0.1, 0.15) is 24.9 Å². The largest absolute Gasteiger partial charge is 0.349 e. The minimum absolute atomic E-state index is 0.0957. The van der Waals surface area contributed by atoms with Crippen LogP contribution in [0, 0.1) is 0 Å². The first-order valence-electron chi connectivity index (χ1n) is 7.99. The van der Waals surface area contributed by atoms with Crippen molar-refractivity contribution >= 4 is 38.5 Å². The summed E-state index contributed by atoms with van der Waals surface area (Å²) in [5.41, 5.74) is 1.78. The number of nitrogens with one attached hydrogen (secondary N) is 1. The SMILES string of the molecule is CC(=O)NC(CC(=O)N(C)c1nc2ccccc2s1)c1ccccc1. The molecule has 3 aromatic rings. The van der Waals surface area contributed by atoms with Gasteiger partial charge in [-0.15, -0.1) is 0 Å². The van der Waals surface area contributed by atoms with Gasteiger partial charge in [0.1, 0.15) is 0 Å². The Morgan fingerprint density at radius 2 is 1.80 bits per heavy atom. The van der Waals surface area contributed by atoms with Crippen LogP contribution >= 0.6 is 11.3 Å². The van der Waals surface area contributed by atoms with Crippen molar-refractivity contribution in [1.29, 1.82) is 0 Å². The Bertz CT molecular complexity index is 859. The van der Waals surface area contributed by atoms with Crippen molar-refractivity contribution in [3.05, 3.63) is 60.2 Å². The highest BCUT2D eigenvalue weighted by Gasteiger charge is 2.22. The van der Waals surface area contributed by atoms with E-state index in [1.54, 1.807) is 11.9 Å². The molecule has 5 nitrogen and oxygen atoms in total. The molecular formula is C19H19N3O2S. The average Bonchev–Trinajstić information content (AvgIpc) is 3.05. The van der Waals surface area contributed by atoms with Crippen LogP contribution in [0.2, 0.25) is 0 Å². The molecule has 2 aromatic carbocycles. The number of hydrogen-bond donors (Lipinski definition) is 1. The van der Waals surface area contributed by atoms with Gasteiger partial charge >= 0.3 is 0 Å². The number of thiazole rings is 1. The first kappa shape index (κ1) is 17.1. The Hall–Kier alpha value is -2.73. The summed E-state index contributed by atoms with van der Waals surface area (Å²) in [6.07, 6.45) is 0.177. The fraction of sp³-hybridized carbons (Fsp3) is 0.211. The lowest BCUT2D eigenvalue weighted by molar-refractivity contribution is -0.121. The van der Waals surface area contributed by atoms with E-state index in [1.165, 1.54) is 18.3 Å². The van der Waals surface area contributed by atoms with E-state index in [0.717, 1.165) is 15.8 Å². The summed E-state index contributed by atoms with van der Waals surface area (Å²) >= 11 is 1.48. The van der Waals surface area contributed by atoms with Crippen molar-refractivity contribution < 1.29 is 9.59 Å². The van der Waals surface area contributed by atoms with Crippen molar-refractivity contribution in [3.8, 4) is 0 Å². The molecule has 1 unspecified atom stereocenters. The number of hydrogen-bond acceptors (Lipinski definition) is 4. The van der Waals surface area contributed by atoms with Crippen LogP contribution in [0.5, 0.6) is 0 Å². The number of para-hydroxylation sites is 1. The second-order valence-corrected chi connectivity index (χ2v) is 6.79. The lowest BCUT2D eigenvalue weighted by Gasteiger charge is -2.21. The van der Waals surface area contributed by atoms with Crippen LogP contribution < -0.4 is 10.2 Å². The highest BCUT2D eigenvalue weighted by Crippen LogP contribution is 2.29. The predicted molar refractivity (Wildman–Crippen MR) is 101 cm³/mol. The zero-order valence-corrected chi connectivity index (χ0v) is 14.9. The first-order valence-corrected chi connectivity index (χ1v) is 8.80. The predicted octanol–water partition coefficient (Wildman–Crippen LogP) is 3.53. The van der Waals surface area contributed by atoms with Crippen molar-refractivity contribution in [2.24, 2.45) is 0 Å². The molecule has 2 amide bonds. The van der Waals surface area contributed by atoms with Crippen LogP contribution in [0.4, 0.5) is 5.13 Å². The van der Waals surface area contributed by atoms with Gasteiger partial charge < -0.3 is 5.32 Å². The second-order valence-electron chi connectivity index (χ2n) is 5.78. The van der Waals surface area contributed by atoms with E-state index in [9.17, 15) is 9.59 Å². The minimum Gasteiger partial charge on any atom is -0.349 e. The number of aromatic nitrogens is 1. The number of fused-ring (bicyclic) bond motifs is 1. The Morgan fingerprint density at radius 3 is 2.48 bits per heavy atom. The van der Waals surface area contributed by atoms with Gasteiger partial charge in [-0.2, -0.15) is 0 Å². The summed E-state index contributed by atoms with van der Waals surface area (Å²) in [7, 11) is 1.72. The van der Waals surface area contributed by atoms with Gasteiger partial charge in [-0.05, 0) is 17.7 Å². The topological polar surface area (TPSA) is 62.3 Å². The lowest BCUT2D eigenvalue weighted by atomic mass is 10.0. The monoisotopic (exact) mass is 353 g/mol. The molecular weight excluding hydrogens is 334 g/mol. The Morgan fingerprint density at radius 1 is 1.12 bits per heavy atom. The number of amides is 2. The highest BCUT2D eigenvalue weighted by molar-refractivity contribution is 7.22. The fourth-order valence-electron chi connectivity index (χ4n) is 2.60. The number of benzene rings is 2. The van der Waals surface area contributed by atoms with Gasteiger partial charge in [-0.1, -0.05) is 53.8 Å². The van der Waals surface area contributed by atoms with Crippen molar-refractivity contribution in [3.63, 3.8) is 0 Å². The third-order valence-electron chi connectivity index (χ3n) is 3.90. The molecule has 25 heavy (non-hydrogen) atoms. The summed E-state index contributed by atoms with van der Waals surface area (Å²) in [6, 6.07) is 16.9. The molecule has 0 aliphatic rings. The number of carbonyl (C=O) groups excluding carboxylic acids is 2. The zero-order valence-electron chi connectivity index (χ0n) is 14.1. The second kappa shape index (κ2) is 7.44. The molecule has 0 bridgehead atoms. The first-order chi connectivity index (χ1) is 12.0. The molecule has 1 heterocycles. The quantitative estimate of drug-likeness (QED) is 0.763. The van der Waals surface area contributed by atoms with E-state index in [-0.39, 0.29) is 24.3 Å². The van der Waals surface area contributed by atoms with E-state index < -0.39 is 0 Å². The van der Waals surface area contributed by atoms with Gasteiger partial charge in [0, 0.05) is 14.0 Å². The third kappa shape index (κ3) is 4.03. The van der Waals surface area contributed by atoms with Crippen LogP contribution in [-0.2, 0) is 9.59 Å². The summed E-state index contributed by atoms with van der Waals surface area (Å²) in [5, 5.41) is 3.51. The molecule has 1 atom stereocenters. The molecule has 0 saturated carbocycles. The van der Waals surface area contributed by atoms with E-state index in [4.69, 9.17) is 0 Å². The van der Waals surface area contributed by atoms with Gasteiger partial charge in [0.2, 0.25) is 11.8 Å². The van der Waals surface area contributed by atoms with E-state index in [0.29, 0.717) is 5.13 Å². The molecule has 6 heteroatoms. The fourth-order valence-corrected chi connectivity index (χ4v) is 3.55. The van der Waals surface area contributed by atoms with Gasteiger partial charge in [0.05, 0.1) is 22.7 Å². The molecule has 0 fully saturated rings. The molecule has 0 spiro atoms. The smallest absolute Gasteiger partial charge is 0.230 e. The number of anilines is 1. The van der Waals surface area contributed by atoms with E-state index >= 15 is 0 Å². The normalized spacial score (nSPS) is 11.9. The number of nitrogens with zero attached hydrogens (tertiary/aromatic N) is 2. The zero-order chi connectivity index (χ0) is 17.8. The summed E-state index contributed by atoms with van der Waals surface area (Å²) < 4.78 is 1.04. The van der Waals surface area contributed by atoms with E-state index in [2.05, 4.69) is 10.3 Å². The van der Waals surface area contributed by atoms with Crippen LogP contribution in [0.25, 0.3) is 10.2 Å². The van der Waals surface area contributed by atoms with Crippen molar-refractivity contribution in [2.75, 3.05) is 11.9 Å². The molecule has 0 saturated heterocycles. The molecule has 1 aromatic heterocycles. The Balaban J connectivity index is 1.79. The molecule has 1 N–H and O–H groups in total. The van der Waals surface area contributed by atoms with Crippen molar-refractivity contribution in [1.82, 2.24) is 10.3 Å². The van der Waals surface area contributed by atoms with Crippen LogP contribution in [0.15, 0.2) is 54.6 Å². The summed E-state index contributed by atoms with van der Waals surface area (Å²) in [4.78, 5) is 30.3. The van der Waals surface area contributed by atoms with E-state index in [1.807, 2.05) is 54.6 Å². The van der Waals surface area contributed by atoms with Gasteiger partial charge in [0.15, 0.2) is 5.13 Å². The number of carbonyl (C=O) groups is 2. The van der Waals surface area contributed by atoms with Crippen LogP contribution in [-0.4, -0.2) is 23.8 Å². The molecule has 0 aliphatic heterocycles. The summed E-state index contributed by atoms with van der Waals surface area (Å²) in [6.45, 7) is 1.46. The standard InChI is InChI=1S/C19H19N3O2S/c1-13(23)20-16(14-8-4-3-5-9-14)12-18(24)22(2)19-21-15-10-6-7-11-17(15)25-19/h3-11,16H,12H2,1-2H3,(H,20,23). The average molecular weight is 353 g/mol. The number of rotatable bonds is 5.